The Hall–Kier alpha value is -1.88. The van der Waals surface area contributed by atoms with Crippen LogP contribution in [0.15, 0.2) is 24.3 Å². The molecule has 21 heavy (non-hydrogen) atoms. The number of hydrogen-bond acceptors (Lipinski definition) is 3. The van der Waals surface area contributed by atoms with Gasteiger partial charge in [-0.3, -0.25) is 14.5 Å². The summed E-state index contributed by atoms with van der Waals surface area (Å²) in [6.07, 6.45) is 0.126. The molecule has 5 heteroatoms. The van der Waals surface area contributed by atoms with Gasteiger partial charge in [0, 0.05) is 31.2 Å². The number of rotatable bonds is 6. The first-order valence-electron chi connectivity index (χ1n) is 7.02. The number of carbonyl (C=O) groups is 2. The zero-order chi connectivity index (χ0) is 16.0. The minimum atomic E-state index is -0.787. The van der Waals surface area contributed by atoms with Crippen LogP contribution in [0, 0.1) is 0 Å². The molecule has 0 spiro atoms. The van der Waals surface area contributed by atoms with Gasteiger partial charge in [0.15, 0.2) is 0 Å². The van der Waals surface area contributed by atoms with Crippen molar-refractivity contribution in [2.45, 2.75) is 46.2 Å². The molecule has 0 atom stereocenters. The zero-order valence-corrected chi connectivity index (χ0v) is 13.1. The molecule has 1 aromatic rings. The molecule has 5 nitrogen and oxygen atoms in total. The normalized spacial score (nSPS) is 11.5. The van der Waals surface area contributed by atoms with Gasteiger partial charge in [0.25, 0.3) is 0 Å². The van der Waals surface area contributed by atoms with Crippen LogP contribution in [0.1, 0.15) is 39.7 Å². The van der Waals surface area contributed by atoms with Crippen molar-refractivity contribution in [2.75, 3.05) is 11.9 Å². The highest BCUT2D eigenvalue weighted by molar-refractivity contribution is 5.88. The average Bonchev–Trinajstić information content (AvgIpc) is 2.34. The number of carbonyl (C=O) groups excluding carboxylic acids is 1. The monoisotopic (exact) mass is 292 g/mol. The highest BCUT2D eigenvalue weighted by atomic mass is 16.4. The van der Waals surface area contributed by atoms with E-state index < -0.39 is 5.97 Å². The van der Waals surface area contributed by atoms with E-state index in [1.165, 1.54) is 6.92 Å². The third-order valence-corrected chi connectivity index (χ3v) is 3.19. The first-order chi connectivity index (χ1) is 9.68. The van der Waals surface area contributed by atoms with Crippen molar-refractivity contribution >= 4 is 17.6 Å². The van der Waals surface area contributed by atoms with Crippen molar-refractivity contribution < 1.29 is 14.7 Å². The summed E-state index contributed by atoms with van der Waals surface area (Å²) in [5, 5.41) is 11.6. The third kappa shape index (κ3) is 6.40. The van der Waals surface area contributed by atoms with Crippen molar-refractivity contribution in [1.29, 1.82) is 0 Å². The lowest BCUT2D eigenvalue weighted by Gasteiger charge is -2.35. The Morgan fingerprint density at radius 2 is 1.76 bits per heavy atom. The van der Waals surface area contributed by atoms with Crippen molar-refractivity contribution in [3.8, 4) is 0 Å². The van der Waals surface area contributed by atoms with Crippen molar-refractivity contribution in [1.82, 2.24) is 4.90 Å². The van der Waals surface area contributed by atoms with Gasteiger partial charge in [0.2, 0.25) is 5.91 Å². The van der Waals surface area contributed by atoms with E-state index in [1.807, 2.05) is 24.3 Å². The molecule has 0 aliphatic heterocycles. The molecular weight excluding hydrogens is 268 g/mol. The Balaban J connectivity index is 2.74. The van der Waals surface area contributed by atoms with Crippen molar-refractivity contribution in [3.05, 3.63) is 29.8 Å². The smallest absolute Gasteiger partial charge is 0.304 e. The second kappa shape index (κ2) is 7.22. The Morgan fingerprint density at radius 1 is 1.19 bits per heavy atom. The van der Waals surface area contributed by atoms with Gasteiger partial charge in [-0.2, -0.15) is 0 Å². The summed E-state index contributed by atoms with van der Waals surface area (Å²) >= 11 is 0. The van der Waals surface area contributed by atoms with Gasteiger partial charge in [0.1, 0.15) is 0 Å². The van der Waals surface area contributed by atoms with Crippen LogP contribution >= 0.6 is 0 Å². The molecule has 2 N–H and O–H groups in total. The number of anilines is 1. The number of aliphatic carboxylic acids is 1. The van der Waals surface area contributed by atoms with Gasteiger partial charge >= 0.3 is 5.97 Å². The Bertz CT molecular complexity index is 489. The quantitative estimate of drug-likeness (QED) is 0.846. The van der Waals surface area contributed by atoms with Crippen LogP contribution in [0.5, 0.6) is 0 Å². The highest BCUT2D eigenvalue weighted by Gasteiger charge is 2.21. The van der Waals surface area contributed by atoms with Gasteiger partial charge in [0.05, 0.1) is 6.42 Å². The zero-order valence-electron chi connectivity index (χ0n) is 13.1. The molecule has 0 aliphatic rings. The summed E-state index contributed by atoms with van der Waals surface area (Å²) in [5.74, 6) is -0.884. The van der Waals surface area contributed by atoms with Gasteiger partial charge in [-0.1, -0.05) is 12.1 Å². The number of carboxylic acid groups (broad SMARTS) is 1. The lowest BCUT2D eigenvalue weighted by atomic mass is 10.0. The summed E-state index contributed by atoms with van der Waals surface area (Å²) in [6, 6.07) is 7.61. The summed E-state index contributed by atoms with van der Waals surface area (Å²) in [4.78, 5) is 23.9. The van der Waals surface area contributed by atoms with Gasteiger partial charge < -0.3 is 10.4 Å². The van der Waals surface area contributed by atoms with Crippen LogP contribution in [-0.4, -0.2) is 34.0 Å². The molecule has 1 amide bonds. The highest BCUT2D eigenvalue weighted by Crippen LogP contribution is 2.19. The van der Waals surface area contributed by atoms with Gasteiger partial charge in [-0.25, -0.2) is 0 Å². The van der Waals surface area contributed by atoms with Crippen LogP contribution < -0.4 is 5.32 Å². The summed E-state index contributed by atoms with van der Waals surface area (Å²) in [5.41, 5.74) is 1.75. The minimum Gasteiger partial charge on any atom is -0.481 e. The number of nitrogens with one attached hydrogen (secondary N) is 1. The molecular formula is C16H24N2O3. The van der Waals surface area contributed by atoms with Crippen LogP contribution in [0.2, 0.25) is 0 Å². The second-order valence-electron chi connectivity index (χ2n) is 6.11. The van der Waals surface area contributed by atoms with Crippen LogP contribution in [0.3, 0.4) is 0 Å². The van der Waals surface area contributed by atoms with E-state index >= 15 is 0 Å². The molecule has 0 bridgehead atoms. The number of carboxylic acids is 1. The molecule has 0 fully saturated rings. The van der Waals surface area contributed by atoms with E-state index in [0.29, 0.717) is 13.1 Å². The molecule has 0 radical (unpaired) electrons. The molecule has 0 aromatic heterocycles. The Kier molecular flexibility index (Phi) is 5.90. The fourth-order valence-corrected chi connectivity index (χ4v) is 2.00. The van der Waals surface area contributed by atoms with E-state index in [1.54, 1.807) is 0 Å². The van der Waals surface area contributed by atoms with E-state index in [4.69, 9.17) is 5.11 Å². The molecule has 116 valence electrons. The Labute approximate surface area is 126 Å². The maximum Gasteiger partial charge on any atom is 0.304 e. The molecule has 0 heterocycles. The van der Waals surface area contributed by atoms with Gasteiger partial charge in [-0.05, 0) is 38.5 Å². The lowest BCUT2D eigenvalue weighted by molar-refractivity contribution is -0.137. The molecule has 0 aliphatic carbocycles. The minimum absolute atomic E-state index is 0.0967. The van der Waals surface area contributed by atoms with Crippen LogP contribution in [0.25, 0.3) is 0 Å². The third-order valence-electron chi connectivity index (χ3n) is 3.19. The SMILES string of the molecule is CC(=O)Nc1ccc(CN(CCC(=O)O)C(C)(C)C)cc1. The maximum absolute atomic E-state index is 11.0. The van der Waals surface area contributed by atoms with Gasteiger partial charge in [-0.15, -0.1) is 0 Å². The lowest BCUT2D eigenvalue weighted by Crippen LogP contribution is -2.41. The molecule has 1 rings (SSSR count). The maximum atomic E-state index is 11.0. The number of hydrogen-bond donors (Lipinski definition) is 2. The number of benzene rings is 1. The Morgan fingerprint density at radius 3 is 2.19 bits per heavy atom. The molecule has 0 saturated carbocycles. The number of nitrogens with zero attached hydrogens (tertiary/aromatic N) is 1. The number of amides is 1. The molecule has 0 saturated heterocycles. The summed E-state index contributed by atoms with van der Waals surface area (Å²) in [7, 11) is 0. The summed E-state index contributed by atoms with van der Waals surface area (Å²) < 4.78 is 0. The second-order valence-corrected chi connectivity index (χ2v) is 6.11. The molecule has 0 unspecified atom stereocenters. The fraction of sp³-hybridized carbons (Fsp3) is 0.500. The largest absolute Gasteiger partial charge is 0.481 e. The topological polar surface area (TPSA) is 69.6 Å². The van der Waals surface area contributed by atoms with Crippen molar-refractivity contribution in [2.24, 2.45) is 0 Å². The van der Waals surface area contributed by atoms with Crippen molar-refractivity contribution in [3.63, 3.8) is 0 Å². The standard InChI is InChI=1S/C16H24N2O3/c1-12(19)17-14-7-5-13(6-8-14)11-18(16(2,3)4)10-9-15(20)21/h5-8H,9-11H2,1-4H3,(H,17,19)(H,20,21). The molecule has 1 aromatic carbocycles. The van der Waals surface area contributed by atoms with E-state index in [2.05, 4.69) is 31.0 Å². The summed E-state index contributed by atoms with van der Waals surface area (Å²) in [6.45, 7) is 8.87. The fourth-order valence-electron chi connectivity index (χ4n) is 2.00. The van der Waals surface area contributed by atoms with E-state index in [-0.39, 0.29) is 17.9 Å². The first-order valence-corrected chi connectivity index (χ1v) is 7.02. The van der Waals surface area contributed by atoms with Crippen LogP contribution in [-0.2, 0) is 16.1 Å². The van der Waals surface area contributed by atoms with Crippen LogP contribution in [0.4, 0.5) is 5.69 Å². The first kappa shape index (κ1) is 17.2. The van der Waals surface area contributed by atoms with E-state index in [9.17, 15) is 9.59 Å². The predicted molar refractivity (Wildman–Crippen MR) is 83.2 cm³/mol. The van der Waals surface area contributed by atoms with E-state index in [0.717, 1.165) is 11.3 Å². The average molecular weight is 292 g/mol. The predicted octanol–water partition coefficient (Wildman–Crippen LogP) is 2.72.